The summed E-state index contributed by atoms with van der Waals surface area (Å²) in [4.78, 5) is 21.9. The molecule has 4 heterocycles. The molecule has 4 aliphatic rings. The number of aliphatic carboxylic acids is 1. The molecule has 2 aromatic rings. The van der Waals surface area contributed by atoms with Crippen molar-refractivity contribution in [3.63, 3.8) is 0 Å². The highest BCUT2D eigenvalue weighted by molar-refractivity contribution is 5.68. The maximum Gasteiger partial charge on any atom is 0.304 e. The number of aryl methyl sites for hydroxylation is 2. The highest BCUT2D eigenvalue weighted by Crippen LogP contribution is 2.43. The smallest absolute Gasteiger partial charge is 0.304 e. The average molecular weight is 517 g/mol. The maximum atomic E-state index is 12.0. The molecule has 1 unspecified atom stereocenters. The molecule has 6 nitrogen and oxygen atoms in total. The zero-order valence-corrected chi connectivity index (χ0v) is 22.8. The molecule has 1 aromatic heterocycles. The quantitative estimate of drug-likeness (QED) is 0.415. The number of hydrogen-bond donors (Lipinski definition) is 2. The van der Waals surface area contributed by atoms with Gasteiger partial charge in [-0.1, -0.05) is 12.1 Å². The lowest BCUT2D eigenvalue weighted by atomic mass is 9.91. The zero-order valence-electron chi connectivity index (χ0n) is 22.8. The van der Waals surface area contributed by atoms with Gasteiger partial charge >= 0.3 is 5.97 Å². The SMILES string of the molecule is O=C(O)CC(CN1CC[C@@H](CCc2ccc3c(n2)NCCC3)C1)c1cc(C2CC2)cc(N2CCCCC2)c1. The third-order valence-electron chi connectivity index (χ3n) is 9.23. The van der Waals surface area contributed by atoms with E-state index in [-0.39, 0.29) is 12.3 Å². The molecule has 1 aromatic carbocycles. The second-order valence-corrected chi connectivity index (χ2v) is 12.3. The molecule has 6 heteroatoms. The van der Waals surface area contributed by atoms with Crippen molar-refractivity contribution in [1.29, 1.82) is 0 Å². The van der Waals surface area contributed by atoms with Crippen LogP contribution in [0.3, 0.4) is 0 Å². The zero-order chi connectivity index (χ0) is 25.9. The third-order valence-corrected chi connectivity index (χ3v) is 9.23. The van der Waals surface area contributed by atoms with Gasteiger partial charge in [0.25, 0.3) is 0 Å². The lowest BCUT2D eigenvalue weighted by molar-refractivity contribution is -0.137. The first kappa shape index (κ1) is 25.7. The van der Waals surface area contributed by atoms with Crippen LogP contribution in [-0.4, -0.2) is 60.2 Å². The second kappa shape index (κ2) is 11.6. The number of fused-ring (bicyclic) bond motifs is 1. The van der Waals surface area contributed by atoms with Crippen LogP contribution in [0.4, 0.5) is 11.5 Å². The van der Waals surface area contributed by atoms with E-state index in [9.17, 15) is 9.90 Å². The summed E-state index contributed by atoms with van der Waals surface area (Å²) < 4.78 is 0. The van der Waals surface area contributed by atoms with Crippen LogP contribution in [0.5, 0.6) is 0 Å². The van der Waals surface area contributed by atoms with Crippen molar-refractivity contribution in [3.8, 4) is 0 Å². The molecule has 3 fully saturated rings. The fourth-order valence-electron chi connectivity index (χ4n) is 6.87. The monoisotopic (exact) mass is 516 g/mol. The summed E-state index contributed by atoms with van der Waals surface area (Å²) in [6, 6.07) is 11.6. The number of carboxylic acid groups (broad SMARTS) is 1. The largest absolute Gasteiger partial charge is 0.481 e. The molecule has 3 aliphatic heterocycles. The minimum atomic E-state index is -0.686. The van der Waals surface area contributed by atoms with Crippen LogP contribution in [0.2, 0.25) is 0 Å². The summed E-state index contributed by atoms with van der Waals surface area (Å²) in [6.07, 6.45) is 12.3. The molecular weight excluding hydrogens is 472 g/mol. The number of aromatic nitrogens is 1. The van der Waals surface area contributed by atoms with E-state index >= 15 is 0 Å². The number of rotatable bonds is 10. The number of likely N-dealkylation sites (tertiary alicyclic amines) is 1. The minimum absolute atomic E-state index is 0.0434. The Morgan fingerprint density at radius 1 is 1.05 bits per heavy atom. The lowest BCUT2D eigenvalue weighted by Gasteiger charge is -2.31. The number of piperidine rings is 1. The molecule has 38 heavy (non-hydrogen) atoms. The molecule has 1 aliphatic carbocycles. The number of benzene rings is 1. The molecule has 0 bridgehead atoms. The van der Waals surface area contributed by atoms with Crippen molar-refractivity contribution in [2.24, 2.45) is 5.92 Å². The van der Waals surface area contributed by atoms with Crippen LogP contribution >= 0.6 is 0 Å². The molecule has 0 radical (unpaired) electrons. The number of nitrogens with zero attached hydrogens (tertiary/aromatic N) is 3. The maximum absolute atomic E-state index is 12.0. The number of carboxylic acids is 1. The van der Waals surface area contributed by atoms with E-state index < -0.39 is 5.97 Å². The van der Waals surface area contributed by atoms with Gasteiger partial charge < -0.3 is 20.2 Å². The van der Waals surface area contributed by atoms with E-state index in [1.165, 1.54) is 73.0 Å². The molecule has 2 saturated heterocycles. The number of pyridine rings is 1. The van der Waals surface area contributed by atoms with E-state index in [1.807, 2.05) is 0 Å². The highest BCUT2D eigenvalue weighted by atomic mass is 16.4. The molecule has 1 saturated carbocycles. The van der Waals surface area contributed by atoms with Gasteiger partial charge in [0.2, 0.25) is 0 Å². The van der Waals surface area contributed by atoms with Gasteiger partial charge in [-0.15, -0.1) is 0 Å². The molecule has 204 valence electrons. The van der Waals surface area contributed by atoms with Gasteiger partial charge in [0.1, 0.15) is 5.82 Å². The summed E-state index contributed by atoms with van der Waals surface area (Å²) in [7, 11) is 0. The first-order valence-electron chi connectivity index (χ1n) is 15.2. The van der Waals surface area contributed by atoms with Gasteiger partial charge in [-0.3, -0.25) is 4.79 Å². The van der Waals surface area contributed by atoms with Crippen LogP contribution in [0.25, 0.3) is 0 Å². The second-order valence-electron chi connectivity index (χ2n) is 12.3. The number of nitrogens with one attached hydrogen (secondary N) is 1. The Bertz CT molecular complexity index is 1120. The predicted molar refractivity (Wildman–Crippen MR) is 153 cm³/mol. The Hall–Kier alpha value is -2.60. The Labute approximate surface area is 227 Å². The number of carbonyl (C=O) groups is 1. The van der Waals surface area contributed by atoms with Crippen LogP contribution in [0, 0.1) is 5.92 Å². The summed E-state index contributed by atoms with van der Waals surface area (Å²) in [5.74, 6) is 1.78. The van der Waals surface area contributed by atoms with Crippen LogP contribution in [-0.2, 0) is 17.6 Å². The first-order valence-corrected chi connectivity index (χ1v) is 15.2. The molecule has 2 N–H and O–H groups in total. The lowest BCUT2D eigenvalue weighted by Crippen LogP contribution is -2.30. The van der Waals surface area contributed by atoms with E-state index in [4.69, 9.17) is 4.98 Å². The van der Waals surface area contributed by atoms with E-state index in [0.29, 0.717) is 11.8 Å². The van der Waals surface area contributed by atoms with E-state index in [2.05, 4.69) is 45.4 Å². The molecular formula is C32H44N4O2. The third kappa shape index (κ3) is 6.33. The Morgan fingerprint density at radius 2 is 1.92 bits per heavy atom. The minimum Gasteiger partial charge on any atom is -0.481 e. The van der Waals surface area contributed by atoms with E-state index in [0.717, 1.165) is 64.3 Å². The van der Waals surface area contributed by atoms with Crippen molar-refractivity contribution < 1.29 is 9.90 Å². The number of anilines is 2. The average Bonchev–Trinajstić information content (AvgIpc) is 3.71. The van der Waals surface area contributed by atoms with Crippen molar-refractivity contribution >= 4 is 17.5 Å². The van der Waals surface area contributed by atoms with Crippen LogP contribution < -0.4 is 10.2 Å². The van der Waals surface area contributed by atoms with Gasteiger partial charge in [-0.05, 0) is 117 Å². The van der Waals surface area contributed by atoms with Gasteiger partial charge in [0.05, 0.1) is 6.42 Å². The molecule has 0 spiro atoms. The standard InChI is InChI=1S/C32H44N4O2/c37-31(38)20-28(27-17-26(24-7-8-24)18-30(19-27)36-14-2-1-3-15-36)22-35-16-12-23(21-35)6-10-29-11-9-25-5-4-13-33-32(25)34-29/h9,11,17-19,23-24,28H,1-8,10,12-16,20-22H2,(H,33,34)(H,37,38)/t23-,28?/m1/s1. The van der Waals surface area contributed by atoms with Gasteiger partial charge in [-0.2, -0.15) is 0 Å². The molecule has 0 amide bonds. The van der Waals surface area contributed by atoms with Gasteiger partial charge in [-0.25, -0.2) is 4.98 Å². The van der Waals surface area contributed by atoms with Crippen molar-refractivity contribution in [1.82, 2.24) is 9.88 Å². The summed E-state index contributed by atoms with van der Waals surface area (Å²) >= 11 is 0. The van der Waals surface area contributed by atoms with Crippen LogP contribution in [0.1, 0.15) is 92.0 Å². The van der Waals surface area contributed by atoms with Crippen molar-refractivity contribution in [2.75, 3.05) is 49.5 Å². The first-order chi connectivity index (χ1) is 18.6. The summed E-state index contributed by atoms with van der Waals surface area (Å²) in [5.41, 5.74) is 6.55. The summed E-state index contributed by atoms with van der Waals surface area (Å²) in [6.45, 7) is 6.26. The molecule has 6 rings (SSSR count). The Kier molecular flexibility index (Phi) is 7.87. The van der Waals surface area contributed by atoms with E-state index in [1.54, 1.807) is 0 Å². The molecule has 2 atom stereocenters. The van der Waals surface area contributed by atoms with Crippen molar-refractivity contribution in [2.45, 2.75) is 82.5 Å². The highest BCUT2D eigenvalue weighted by Gasteiger charge is 2.30. The fraction of sp³-hybridized carbons (Fsp3) is 0.625. The predicted octanol–water partition coefficient (Wildman–Crippen LogP) is 5.82. The van der Waals surface area contributed by atoms with Gasteiger partial charge in [0, 0.05) is 50.0 Å². The van der Waals surface area contributed by atoms with Crippen LogP contribution in [0.15, 0.2) is 30.3 Å². The van der Waals surface area contributed by atoms with Gasteiger partial charge in [0.15, 0.2) is 0 Å². The Morgan fingerprint density at radius 3 is 2.74 bits per heavy atom. The Balaban J connectivity index is 1.11. The topological polar surface area (TPSA) is 68.7 Å². The summed E-state index contributed by atoms with van der Waals surface area (Å²) in [5, 5.41) is 13.3. The number of hydrogen-bond acceptors (Lipinski definition) is 5. The normalized spacial score (nSPS) is 22.6. The van der Waals surface area contributed by atoms with Crippen molar-refractivity contribution in [3.05, 3.63) is 52.7 Å². The fourth-order valence-corrected chi connectivity index (χ4v) is 6.87.